The third kappa shape index (κ3) is 8.54. The van der Waals surface area contributed by atoms with Crippen molar-refractivity contribution in [1.82, 2.24) is 10.3 Å². The molecule has 2 aromatic carbocycles. The number of halogens is 2. The molecule has 0 saturated carbocycles. The Morgan fingerprint density at radius 2 is 1.67 bits per heavy atom. The number of alkyl halides is 2. The fourth-order valence-electron chi connectivity index (χ4n) is 3.88. The minimum Gasteiger partial charge on any atom is -0.463 e. The average Bonchev–Trinajstić information content (AvgIpc) is 2.92. The summed E-state index contributed by atoms with van der Waals surface area (Å²) in [5.41, 5.74) is 3.58. The van der Waals surface area contributed by atoms with Crippen LogP contribution in [-0.4, -0.2) is 54.9 Å². The van der Waals surface area contributed by atoms with Crippen LogP contribution in [0.25, 0.3) is 0 Å². The number of anilines is 1. The van der Waals surface area contributed by atoms with Crippen LogP contribution in [0.5, 0.6) is 0 Å². The zero-order valence-corrected chi connectivity index (χ0v) is 21.6. The number of esters is 1. The maximum atomic E-state index is 13.0. The standard InChI is InChI=1S/C28H31Cl2N3O3/c29-14-18-33(19-15-30)25-11-8-22(9-12-25)10-13-26(23-5-2-1-3-6-23)28(35)36-20-17-32-27(34)24-7-4-16-31-21-24/h1-9,11-12,16,21,26H,10,13-15,17-20H2,(H,32,34). The Labute approximate surface area is 222 Å². The van der Waals surface area contributed by atoms with Gasteiger partial charge in [0.05, 0.1) is 18.0 Å². The fraction of sp³-hybridized carbons (Fsp3) is 0.321. The smallest absolute Gasteiger partial charge is 0.313 e. The summed E-state index contributed by atoms with van der Waals surface area (Å²) in [6.45, 7) is 1.79. The van der Waals surface area contributed by atoms with Crippen molar-refractivity contribution in [3.63, 3.8) is 0 Å². The van der Waals surface area contributed by atoms with Crippen molar-refractivity contribution in [3.8, 4) is 0 Å². The number of pyridine rings is 1. The molecule has 0 aliphatic carbocycles. The molecular weight excluding hydrogens is 497 g/mol. The lowest BCUT2D eigenvalue weighted by Crippen LogP contribution is -2.29. The SMILES string of the molecule is O=C(NCCOC(=O)C(CCc1ccc(N(CCCl)CCCl)cc1)c1ccccc1)c1cccnc1. The highest BCUT2D eigenvalue weighted by Crippen LogP contribution is 2.24. The number of rotatable bonds is 14. The van der Waals surface area contributed by atoms with Crippen LogP contribution >= 0.6 is 23.2 Å². The van der Waals surface area contributed by atoms with Crippen LogP contribution in [-0.2, 0) is 16.0 Å². The Balaban J connectivity index is 1.56. The number of carbonyl (C=O) groups excluding carboxylic acids is 2. The molecule has 36 heavy (non-hydrogen) atoms. The molecule has 0 saturated heterocycles. The van der Waals surface area contributed by atoms with Gasteiger partial charge < -0.3 is 15.0 Å². The number of aromatic nitrogens is 1. The maximum absolute atomic E-state index is 13.0. The highest BCUT2D eigenvalue weighted by atomic mass is 35.5. The number of aryl methyl sites for hydroxylation is 1. The number of benzene rings is 2. The van der Waals surface area contributed by atoms with Crippen LogP contribution in [0.2, 0.25) is 0 Å². The number of hydrogen-bond acceptors (Lipinski definition) is 5. The number of amides is 1. The van der Waals surface area contributed by atoms with Crippen molar-refractivity contribution in [2.24, 2.45) is 0 Å². The number of hydrogen-bond donors (Lipinski definition) is 1. The van der Waals surface area contributed by atoms with Gasteiger partial charge in [-0.3, -0.25) is 14.6 Å². The summed E-state index contributed by atoms with van der Waals surface area (Å²) >= 11 is 11.8. The topological polar surface area (TPSA) is 71.5 Å². The molecule has 0 radical (unpaired) electrons. The second-order valence-electron chi connectivity index (χ2n) is 8.20. The van der Waals surface area contributed by atoms with Crippen LogP contribution in [0, 0.1) is 0 Å². The summed E-state index contributed by atoms with van der Waals surface area (Å²) in [5.74, 6) is 0.116. The van der Waals surface area contributed by atoms with Crippen LogP contribution in [0.15, 0.2) is 79.1 Å². The van der Waals surface area contributed by atoms with Crippen molar-refractivity contribution >= 4 is 40.8 Å². The molecule has 0 fully saturated rings. The first-order valence-electron chi connectivity index (χ1n) is 12.0. The van der Waals surface area contributed by atoms with Gasteiger partial charge in [0.2, 0.25) is 0 Å². The van der Waals surface area contributed by atoms with Crippen LogP contribution in [0.1, 0.15) is 33.8 Å². The quantitative estimate of drug-likeness (QED) is 0.180. The molecule has 1 N–H and O–H groups in total. The first kappa shape index (κ1) is 27.5. The van der Waals surface area contributed by atoms with E-state index in [0.29, 0.717) is 23.7 Å². The van der Waals surface area contributed by atoms with E-state index in [-0.39, 0.29) is 25.0 Å². The average molecular weight is 528 g/mol. The van der Waals surface area contributed by atoms with Crippen LogP contribution in [0.3, 0.4) is 0 Å². The number of ether oxygens (including phenoxy) is 1. The molecule has 1 aromatic heterocycles. The van der Waals surface area contributed by atoms with Gasteiger partial charge >= 0.3 is 5.97 Å². The summed E-state index contributed by atoms with van der Waals surface area (Å²) < 4.78 is 5.54. The van der Waals surface area contributed by atoms with E-state index in [2.05, 4.69) is 39.5 Å². The van der Waals surface area contributed by atoms with E-state index >= 15 is 0 Å². The minimum absolute atomic E-state index is 0.0971. The van der Waals surface area contributed by atoms with E-state index < -0.39 is 5.92 Å². The Bertz CT molecular complexity index is 1060. The Hall–Kier alpha value is -3.09. The first-order valence-corrected chi connectivity index (χ1v) is 13.0. The van der Waals surface area contributed by atoms with Crippen molar-refractivity contribution in [3.05, 3.63) is 95.8 Å². The van der Waals surface area contributed by atoms with E-state index in [1.165, 1.54) is 6.20 Å². The fourth-order valence-corrected chi connectivity index (χ4v) is 4.29. The zero-order valence-electron chi connectivity index (χ0n) is 20.1. The van der Waals surface area contributed by atoms with Gasteiger partial charge in [-0.2, -0.15) is 0 Å². The molecular formula is C28H31Cl2N3O3. The van der Waals surface area contributed by atoms with Gasteiger partial charge in [0.15, 0.2) is 0 Å². The lowest BCUT2D eigenvalue weighted by molar-refractivity contribution is -0.145. The van der Waals surface area contributed by atoms with E-state index in [1.807, 2.05) is 30.3 Å². The van der Waals surface area contributed by atoms with E-state index in [1.54, 1.807) is 18.3 Å². The number of carbonyl (C=O) groups is 2. The van der Waals surface area contributed by atoms with Gasteiger partial charge in [0, 0.05) is 42.9 Å². The second-order valence-corrected chi connectivity index (χ2v) is 8.95. The molecule has 1 atom stereocenters. The van der Waals surface area contributed by atoms with Gasteiger partial charge in [-0.15, -0.1) is 23.2 Å². The Morgan fingerprint density at radius 1 is 0.944 bits per heavy atom. The predicted octanol–water partition coefficient (Wildman–Crippen LogP) is 5.06. The molecule has 0 bridgehead atoms. The van der Waals surface area contributed by atoms with Crippen molar-refractivity contribution in [2.45, 2.75) is 18.8 Å². The highest BCUT2D eigenvalue weighted by Gasteiger charge is 2.22. The lowest BCUT2D eigenvalue weighted by atomic mass is 9.92. The van der Waals surface area contributed by atoms with Gasteiger partial charge in [-0.05, 0) is 48.2 Å². The van der Waals surface area contributed by atoms with Crippen molar-refractivity contribution in [1.29, 1.82) is 0 Å². The zero-order chi connectivity index (χ0) is 25.6. The molecule has 1 amide bonds. The molecule has 3 rings (SSSR count). The summed E-state index contributed by atoms with van der Waals surface area (Å²) in [7, 11) is 0. The summed E-state index contributed by atoms with van der Waals surface area (Å²) in [6.07, 6.45) is 4.43. The van der Waals surface area contributed by atoms with Gasteiger partial charge in [0.1, 0.15) is 6.61 Å². The predicted molar refractivity (Wildman–Crippen MR) is 145 cm³/mol. The van der Waals surface area contributed by atoms with Gasteiger partial charge in [-0.25, -0.2) is 0 Å². The number of nitrogens with zero attached hydrogens (tertiary/aromatic N) is 2. The summed E-state index contributed by atoms with van der Waals surface area (Å²) in [4.78, 5) is 31.2. The minimum atomic E-state index is -0.399. The third-order valence-corrected chi connectivity index (χ3v) is 6.11. The molecule has 6 nitrogen and oxygen atoms in total. The van der Waals surface area contributed by atoms with Crippen LogP contribution < -0.4 is 10.2 Å². The van der Waals surface area contributed by atoms with Crippen molar-refractivity contribution < 1.29 is 14.3 Å². The first-order chi connectivity index (χ1) is 17.6. The molecule has 190 valence electrons. The molecule has 0 aliphatic rings. The molecule has 0 spiro atoms. The monoisotopic (exact) mass is 527 g/mol. The third-order valence-electron chi connectivity index (χ3n) is 5.77. The van der Waals surface area contributed by atoms with E-state index in [9.17, 15) is 9.59 Å². The Kier molecular flexibility index (Phi) is 11.5. The maximum Gasteiger partial charge on any atom is 0.313 e. The normalized spacial score (nSPS) is 11.5. The summed E-state index contributed by atoms with van der Waals surface area (Å²) in [5, 5.41) is 2.75. The summed E-state index contributed by atoms with van der Waals surface area (Å²) in [6, 6.07) is 21.3. The largest absolute Gasteiger partial charge is 0.463 e. The van der Waals surface area contributed by atoms with Crippen LogP contribution in [0.4, 0.5) is 5.69 Å². The molecule has 1 unspecified atom stereocenters. The molecule has 3 aromatic rings. The van der Waals surface area contributed by atoms with Gasteiger partial charge in [-0.1, -0.05) is 42.5 Å². The highest BCUT2D eigenvalue weighted by molar-refractivity contribution is 6.18. The Morgan fingerprint density at radius 3 is 2.31 bits per heavy atom. The van der Waals surface area contributed by atoms with E-state index in [0.717, 1.165) is 36.3 Å². The molecule has 8 heteroatoms. The molecule has 0 aliphatic heterocycles. The molecule has 1 heterocycles. The lowest BCUT2D eigenvalue weighted by Gasteiger charge is -2.23. The van der Waals surface area contributed by atoms with Crippen molar-refractivity contribution in [2.75, 3.05) is 42.9 Å². The second kappa shape index (κ2) is 15.1. The number of nitrogens with one attached hydrogen (secondary N) is 1. The van der Waals surface area contributed by atoms with E-state index in [4.69, 9.17) is 27.9 Å². The van der Waals surface area contributed by atoms with Gasteiger partial charge in [0.25, 0.3) is 5.91 Å².